The van der Waals surface area contributed by atoms with E-state index in [0.717, 1.165) is 60.4 Å². The second-order valence-electron chi connectivity index (χ2n) is 8.89. The summed E-state index contributed by atoms with van der Waals surface area (Å²) in [6, 6.07) is -0.379. The fourth-order valence-corrected chi connectivity index (χ4v) is 5.73. The topological polar surface area (TPSA) is 78.4 Å². The lowest BCUT2D eigenvalue weighted by atomic mass is 9.94. The minimum atomic E-state index is -0.379. The highest BCUT2D eigenvalue weighted by atomic mass is 32.1. The van der Waals surface area contributed by atoms with Crippen LogP contribution in [0.2, 0.25) is 0 Å². The zero-order chi connectivity index (χ0) is 22.0. The molecule has 2 aromatic heterocycles. The third-order valence-electron chi connectivity index (χ3n) is 6.76. The van der Waals surface area contributed by atoms with Crippen molar-refractivity contribution in [2.75, 3.05) is 31.5 Å². The molecular formula is C23H33N5O2S. The summed E-state index contributed by atoms with van der Waals surface area (Å²) in [6.45, 7) is 9.12. The van der Waals surface area contributed by atoms with Crippen molar-refractivity contribution in [3.05, 3.63) is 16.8 Å². The van der Waals surface area contributed by atoms with Crippen LogP contribution in [0, 0.1) is 19.8 Å². The Bertz CT molecular complexity index is 943. The maximum Gasteiger partial charge on any atom is 0.244 e. The lowest BCUT2D eigenvalue weighted by molar-refractivity contribution is -0.140. The van der Waals surface area contributed by atoms with Gasteiger partial charge in [0.05, 0.1) is 5.39 Å². The van der Waals surface area contributed by atoms with Gasteiger partial charge >= 0.3 is 0 Å². The average molecular weight is 444 g/mol. The molecular weight excluding hydrogens is 410 g/mol. The molecule has 4 heterocycles. The van der Waals surface area contributed by atoms with Crippen molar-refractivity contribution in [1.29, 1.82) is 0 Å². The van der Waals surface area contributed by atoms with Gasteiger partial charge in [0.25, 0.3) is 0 Å². The number of aryl methyl sites for hydroxylation is 2. The molecule has 2 aliphatic heterocycles. The molecule has 2 aromatic rings. The second-order valence-corrected chi connectivity index (χ2v) is 10.1. The minimum Gasteiger partial charge on any atom is -0.358 e. The molecule has 0 bridgehead atoms. The van der Waals surface area contributed by atoms with E-state index < -0.39 is 0 Å². The SMILES string of the molecule is Cc1sc2ncnc(N[C@H](C)C(=O)N3CCC(C(=O)N4CCCCCC4)CC3)c2c1C. The van der Waals surface area contributed by atoms with Crippen LogP contribution in [0.4, 0.5) is 5.82 Å². The predicted octanol–water partition coefficient (Wildman–Crippen LogP) is 3.75. The summed E-state index contributed by atoms with van der Waals surface area (Å²) in [4.78, 5) is 40.9. The van der Waals surface area contributed by atoms with E-state index in [-0.39, 0.29) is 17.9 Å². The highest BCUT2D eigenvalue weighted by Gasteiger charge is 2.32. The molecule has 0 aliphatic carbocycles. The number of rotatable bonds is 4. The number of carbonyl (C=O) groups excluding carboxylic acids is 2. The Labute approximate surface area is 188 Å². The third-order valence-corrected chi connectivity index (χ3v) is 7.88. The fourth-order valence-electron chi connectivity index (χ4n) is 4.73. The smallest absolute Gasteiger partial charge is 0.244 e. The predicted molar refractivity (Wildman–Crippen MR) is 124 cm³/mol. The average Bonchev–Trinajstić information content (AvgIpc) is 2.95. The molecule has 0 unspecified atom stereocenters. The Kier molecular flexibility index (Phi) is 6.74. The van der Waals surface area contributed by atoms with E-state index in [1.165, 1.54) is 17.7 Å². The molecule has 8 heteroatoms. The number of aromatic nitrogens is 2. The number of nitrogens with one attached hydrogen (secondary N) is 1. The van der Waals surface area contributed by atoms with Crippen molar-refractivity contribution in [2.45, 2.75) is 65.3 Å². The molecule has 2 amide bonds. The van der Waals surface area contributed by atoms with Gasteiger partial charge in [-0.25, -0.2) is 9.97 Å². The molecule has 0 saturated carbocycles. The number of nitrogens with zero attached hydrogens (tertiary/aromatic N) is 4. The van der Waals surface area contributed by atoms with E-state index >= 15 is 0 Å². The number of thiophene rings is 1. The van der Waals surface area contributed by atoms with Crippen LogP contribution in [0.15, 0.2) is 6.33 Å². The normalized spacial score (nSPS) is 19.3. The van der Waals surface area contributed by atoms with Crippen molar-refractivity contribution in [2.24, 2.45) is 5.92 Å². The zero-order valence-corrected chi connectivity index (χ0v) is 19.6. The summed E-state index contributed by atoms with van der Waals surface area (Å²) < 4.78 is 0. The Morgan fingerprint density at radius 1 is 1.03 bits per heavy atom. The number of fused-ring (bicyclic) bond motifs is 1. The van der Waals surface area contributed by atoms with E-state index in [4.69, 9.17) is 0 Å². The monoisotopic (exact) mass is 443 g/mol. The van der Waals surface area contributed by atoms with Crippen LogP contribution in [-0.2, 0) is 9.59 Å². The zero-order valence-electron chi connectivity index (χ0n) is 18.8. The standard InChI is InChI=1S/C23H33N5O2S/c1-15-17(3)31-21-19(15)20(24-14-25-21)26-16(2)22(29)28-12-8-18(9-13-28)23(30)27-10-6-4-5-7-11-27/h14,16,18H,4-13H2,1-3H3,(H,24,25,26)/t16-/m1/s1. The summed E-state index contributed by atoms with van der Waals surface area (Å²) in [5.41, 5.74) is 1.16. The van der Waals surface area contributed by atoms with Gasteiger partial charge in [0.15, 0.2) is 0 Å². The van der Waals surface area contributed by atoms with Gasteiger partial charge < -0.3 is 15.1 Å². The number of hydrogen-bond donors (Lipinski definition) is 1. The molecule has 0 aromatic carbocycles. The van der Waals surface area contributed by atoms with Gasteiger partial charge in [-0.3, -0.25) is 9.59 Å². The number of anilines is 1. The van der Waals surface area contributed by atoms with Crippen molar-refractivity contribution in [1.82, 2.24) is 19.8 Å². The first-order valence-electron chi connectivity index (χ1n) is 11.5. The second kappa shape index (κ2) is 9.51. The number of carbonyl (C=O) groups is 2. The van der Waals surface area contributed by atoms with Gasteiger partial charge in [0.1, 0.15) is 23.0 Å². The van der Waals surface area contributed by atoms with Crippen molar-refractivity contribution >= 4 is 39.2 Å². The molecule has 4 rings (SSSR count). The molecule has 1 N–H and O–H groups in total. The third kappa shape index (κ3) is 4.68. The first kappa shape index (κ1) is 22.0. The van der Waals surface area contributed by atoms with E-state index in [2.05, 4.69) is 34.0 Å². The summed E-state index contributed by atoms with van der Waals surface area (Å²) in [7, 11) is 0. The van der Waals surface area contributed by atoms with Crippen molar-refractivity contribution < 1.29 is 9.59 Å². The molecule has 0 spiro atoms. The maximum absolute atomic E-state index is 13.1. The van der Waals surface area contributed by atoms with E-state index in [1.54, 1.807) is 17.7 Å². The summed E-state index contributed by atoms with van der Waals surface area (Å²) in [5, 5.41) is 4.32. The Morgan fingerprint density at radius 2 is 1.71 bits per heavy atom. The van der Waals surface area contributed by atoms with Crippen LogP contribution >= 0.6 is 11.3 Å². The molecule has 2 saturated heterocycles. The molecule has 2 fully saturated rings. The van der Waals surface area contributed by atoms with Crippen molar-refractivity contribution in [3.63, 3.8) is 0 Å². The number of hydrogen-bond acceptors (Lipinski definition) is 6. The maximum atomic E-state index is 13.1. The fraction of sp³-hybridized carbons (Fsp3) is 0.652. The molecule has 2 aliphatic rings. The van der Waals surface area contributed by atoms with Gasteiger partial charge in [-0.1, -0.05) is 12.8 Å². The van der Waals surface area contributed by atoms with Gasteiger partial charge in [-0.2, -0.15) is 0 Å². The number of likely N-dealkylation sites (tertiary alicyclic amines) is 2. The molecule has 31 heavy (non-hydrogen) atoms. The van der Waals surface area contributed by atoms with Crippen molar-refractivity contribution in [3.8, 4) is 0 Å². The Hall–Kier alpha value is -2.22. The summed E-state index contributed by atoms with van der Waals surface area (Å²) in [5.74, 6) is 1.14. The van der Waals surface area contributed by atoms with Crippen LogP contribution in [0.1, 0.15) is 55.9 Å². The Balaban J connectivity index is 1.35. The largest absolute Gasteiger partial charge is 0.358 e. The Morgan fingerprint density at radius 3 is 2.39 bits per heavy atom. The van der Waals surface area contributed by atoms with E-state index in [0.29, 0.717) is 19.0 Å². The minimum absolute atomic E-state index is 0.0586. The number of amides is 2. The van der Waals surface area contributed by atoms with Crippen LogP contribution in [0.5, 0.6) is 0 Å². The van der Waals surface area contributed by atoms with E-state index in [9.17, 15) is 9.59 Å². The molecule has 0 radical (unpaired) electrons. The quantitative estimate of drug-likeness (QED) is 0.779. The molecule has 168 valence electrons. The first-order chi connectivity index (χ1) is 15.0. The highest BCUT2D eigenvalue weighted by molar-refractivity contribution is 7.18. The lowest BCUT2D eigenvalue weighted by Crippen LogP contribution is -2.48. The number of piperidine rings is 1. The van der Waals surface area contributed by atoms with Gasteiger partial charge in [0, 0.05) is 37.0 Å². The highest BCUT2D eigenvalue weighted by Crippen LogP contribution is 2.33. The van der Waals surface area contributed by atoms with Gasteiger partial charge in [-0.05, 0) is 52.0 Å². The van der Waals surface area contributed by atoms with Crippen LogP contribution in [0.3, 0.4) is 0 Å². The summed E-state index contributed by atoms with van der Waals surface area (Å²) >= 11 is 1.65. The van der Waals surface area contributed by atoms with Crippen LogP contribution in [0.25, 0.3) is 10.2 Å². The van der Waals surface area contributed by atoms with E-state index in [1.807, 2.05) is 11.8 Å². The molecule has 1 atom stereocenters. The van der Waals surface area contributed by atoms with Crippen LogP contribution in [-0.4, -0.2) is 63.8 Å². The van der Waals surface area contributed by atoms with Gasteiger partial charge in [0.2, 0.25) is 11.8 Å². The van der Waals surface area contributed by atoms with Gasteiger partial charge in [-0.15, -0.1) is 11.3 Å². The lowest BCUT2D eigenvalue weighted by Gasteiger charge is -2.35. The van der Waals surface area contributed by atoms with Crippen LogP contribution < -0.4 is 5.32 Å². The summed E-state index contributed by atoms with van der Waals surface area (Å²) in [6.07, 6.45) is 7.76. The first-order valence-corrected chi connectivity index (χ1v) is 12.3. The molecule has 7 nitrogen and oxygen atoms in total.